The van der Waals surface area contributed by atoms with Gasteiger partial charge in [0, 0.05) is 50.2 Å². The largest absolute Gasteiger partial charge is 0.446 e. The molecule has 1 heterocycles. The summed E-state index contributed by atoms with van der Waals surface area (Å²) in [5.41, 5.74) is 1.22. The van der Waals surface area contributed by atoms with Gasteiger partial charge >= 0.3 is 6.09 Å². The maximum absolute atomic E-state index is 11.5. The van der Waals surface area contributed by atoms with Crippen molar-refractivity contribution in [2.24, 2.45) is 0 Å². The molecule has 1 fully saturated rings. The minimum atomic E-state index is -0.248. The van der Waals surface area contributed by atoms with Crippen molar-refractivity contribution in [1.29, 1.82) is 0 Å². The first kappa shape index (κ1) is 14.2. The fourth-order valence-electron chi connectivity index (χ4n) is 2.13. The van der Waals surface area contributed by atoms with Gasteiger partial charge in [-0.2, -0.15) is 0 Å². The lowest BCUT2D eigenvalue weighted by atomic mass is 10.1. The molecule has 1 aliphatic rings. The fraction of sp³-hybridized carbons (Fsp3) is 0.500. The topological polar surface area (TPSA) is 32.8 Å². The van der Waals surface area contributed by atoms with Gasteiger partial charge < -0.3 is 14.5 Å². The Hall–Kier alpha value is -1.23. The molecule has 1 amide bonds. The number of ether oxygens (including phenoxy) is 1. The van der Waals surface area contributed by atoms with Crippen LogP contribution in [0.1, 0.15) is 12.8 Å². The monoisotopic (exact) mass is 326 g/mol. The number of benzene rings is 1. The Bertz CT molecular complexity index is 426. The van der Waals surface area contributed by atoms with Gasteiger partial charge in [0.25, 0.3) is 0 Å². The molecule has 0 aromatic heterocycles. The maximum atomic E-state index is 11.5. The number of rotatable bonds is 2. The molecule has 1 aromatic rings. The van der Waals surface area contributed by atoms with Gasteiger partial charge in [0.15, 0.2) is 0 Å². The summed E-state index contributed by atoms with van der Waals surface area (Å²) in [6, 6.07) is 8.31. The number of amides is 1. The van der Waals surface area contributed by atoms with Crippen LogP contribution in [0.15, 0.2) is 28.7 Å². The second-order valence-electron chi connectivity index (χ2n) is 4.94. The van der Waals surface area contributed by atoms with Crippen LogP contribution in [-0.4, -0.2) is 44.3 Å². The van der Waals surface area contributed by atoms with Gasteiger partial charge in [-0.05, 0) is 24.3 Å². The highest BCUT2D eigenvalue weighted by Crippen LogP contribution is 2.23. The maximum Gasteiger partial charge on any atom is 0.409 e. The summed E-state index contributed by atoms with van der Waals surface area (Å²) in [4.78, 5) is 15.3. The van der Waals surface area contributed by atoms with Gasteiger partial charge in [-0.15, -0.1) is 0 Å². The van der Waals surface area contributed by atoms with E-state index in [1.54, 1.807) is 14.1 Å². The van der Waals surface area contributed by atoms with Crippen molar-refractivity contribution in [3.63, 3.8) is 0 Å². The minimum Gasteiger partial charge on any atom is -0.446 e. The predicted octanol–water partition coefficient (Wildman–Crippen LogP) is 3.12. The van der Waals surface area contributed by atoms with Crippen molar-refractivity contribution >= 4 is 27.7 Å². The zero-order valence-corrected chi connectivity index (χ0v) is 12.9. The van der Waals surface area contributed by atoms with Gasteiger partial charge in [0.05, 0.1) is 0 Å². The number of hydrogen-bond acceptors (Lipinski definition) is 3. The number of piperidine rings is 1. The summed E-state index contributed by atoms with van der Waals surface area (Å²) in [7, 11) is 3.42. The molecule has 1 saturated heterocycles. The molecule has 0 saturated carbocycles. The van der Waals surface area contributed by atoms with Gasteiger partial charge in [0.1, 0.15) is 6.10 Å². The molecule has 0 unspecified atom stereocenters. The Labute approximate surface area is 122 Å². The van der Waals surface area contributed by atoms with E-state index in [9.17, 15) is 4.79 Å². The van der Waals surface area contributed by atoms with E-state index in [1.165, 1.54) is 10.6 Å². The van der Waals surface area contributed by atoms with Crippen LogP contribution >= 0.6 is 15.9 Å². The van der Waals surface area contributed by atoms with E-state index in [0.29, 0.717) is 0 Å². The molecule has 5 heteroatoms. The van der Waals surface area contributed by atoms with E-state index >= 15 is 0 Å². The Morgan fingerprint density at radius 3 is 2.37 bits per heavy atom. The molecule has 4 nitrogen and oxygen atoms in total. The second kappa shape index (κ2) is 6.28. The third-order valence-corrected chi connectivity index (χ3v) is 3.80. The zero-order chi connectivity index (χ0) is 13.8. The zero-order valence-electron chi connectivity index (χ0n) is 11.3. The summed E-state index contributed by atoms with van der Waals surface area (Å²) in [6.45, 7) is 1.85. The average Bonchev–Trinajstić information content (AvgIpc) is 2.40. The van der Waals surface area contributed by atoms with Gasteiger partial charge in [-0.3, -0.25) is 0 Å². The number of halogens is 1. The fourth-order valence-corrected chi connectivity index (χ4v) is 2.40. The first-order chi connectivity index (χ1) is 9.06. The lowest BCUT2D eigenvalue weighted by Crippen LogP contribution is -2.39. The average molecular weight is 327 g/mol. The minimum absolute atomic E-state index is 0.0431. The van der Waals surface area contributed by atoms with E-state index in [4.69, 9.17) is 4.74 Å². The van der Waals surface area contributed by atoms with Crippen molar-refractivity contribution in [1.82, 2.24) is 4.90 Å². The molecule has 1 aliphatic heterocycles. The highest BCUT2D eigenvalue weighted by Gasteiger charge is 2.22. The Morgan fingerprint density at radius 1 is 1.26 bits per heavy atom. The van der Waals surface area contributed by atoms with E-state index < -0.39 is 0 Å². The standard InChI is InChI=1S/C14H19BrN2O2/c1-16(2)14(18)19-13-7-9-17(10-8-13)12-5-3-11(15)4-6-12/h3-6,13H,7-10H2,1-2H3. The van der Waals surface area contributed by atoms with Gasteiger partial charge in [-0.1, -0.05) is 15.9 Å². The van der Waals surface area contributed by atoms with Crippen LogP contribution in [0, 0.1) is 0 Å². The molecule has 0 bridgehead atoms. The van der Waals surface area contributed by atoms with Crippen LogP contribution in [0.3, 0.4) is 0 Å². The SMILES string of the molecule is CN(C)C(=O)OC1CCN(c2ccc(Br)cc2)CC1. The lowest BCUT2D eigenvalue weighted by molar-refractivity contribution is 0.0626. The van der Waals surface area contributed by atoms with Crippen LogP contribution in [-0.2, 0) is 4.74 Å². The smallest absolute Gasteiger partial charge is 0.409 e. The summed E-state index contributed by atoms with van der Waals surface area (Å²) in [5, 5.41) is 0. The van der Waals surface area contributed by atoms with E-state index in [2.05, 4.69) is 33.0 Å². The van der Waals surface area contributed by atoms with Crippen LogP contribution in [0.25, 0.3) is 0 Å². The quantitative estimate of drug-likeness (QED) is 0.837. The normalized spacial score (nSPS) is 16.3. The van der Waals surface area contributed by atoms with Crippen molar-refractivity contribution in [2.75, 3.05) is 32.1 Å². The second-order valence-corrected chi connectivity index (χ2v) is 5.86. The molecule has 104 valence electrons. The number of nitrogens with zero attached hydrogens (tertiary/aromatic N) is 2. The van der Waals surface area contributed by atoms with Gasteiger partial charge in [0.2, 0.25) is 0 Å². The summed E-state index contributed by atoms with van der Waals surface area (Å²) < 4.78 is 6.50. The molecule has 2 rings (SSSR count). The molecule has 0 radical (unpaired) electrons. The molecular weight excluding hydrogens is 308 g/mol. The van der Waals surface area contributed by atoms with Crippen molar-refractivity contribution in [3.8, 4) is 0 Å². The highest BCUT2D eigenvalue weighted by molar-refractivity contribution is 9.10. The Kier molecular flexibility index (Phi) is 4.69. The Balaban J connectivity index is 1.85. The third-order valence-electron chi connectivity index (χ3n) is 3.27. The summed E-state index contributed by atoms with van der Waals surface area (Å²) in [6.07, 6.45) is 1.56. The summed E-state index contributed by atoms with van der Waals surface area (Å²) >= 11 is 3.44. The van der Waals surface area contributed by atoms with E-state index in [1.807, 2.05) is 12.1 Å². The number of carbonyl (C=O) groups excluding carboxylic acids is 1. The predicted molar refractivity (Wildman–Crippen MR) is 79.5 cm³/mol. The van der Waals surface area contributed by atoms with E-state index in [0.717, 1.165) is 30.4 Å². The summed E-state index contributed by atoms with van der Waals surface area (Å²) in [5.74, 6) is 0. The molecule has 0 aliphatic carbocycles. The van der Waals surface area contributed by atoms with Gasteiger partial charge in [-0.25, -0.2) is 4.79 Å². The molecule has 0 atom stereocenters. The lowest BCUT2D eigenvalue weighted by Gasteiger charge is -2.33. The number of hydrogen-bond donors (Lipinski definition) is 0. The number of anilines is 1. The van der Waals surface area contributed by atoms with Crippen LogP contribution in [0.5, 0.6) is 0 Å². The molecular formula is C14H19BrN2O2. The van der Waals surface area contributed by atoms with Crippen molar-refractivity contribution < 1.29 is 9.53 Å². The Morgan fingerprint density at radius 2 is 1.84 bits per heavy atom. The van der Waals surface area contributed by atoms with E-state index in [-0.39, 0.29) is 12.2 Å². The first-order valence-corrected chi connectivity index (χ1v) is 7.24. The first-order valence-electron chi connectivity index (χ1n) is 6.44. The van der Waals surface area contributed by atoms with Crippen LogP contribution in [0.4, 0.5) is 10.5 Å². The molecule has 0 N–H and O–H groups in total. The molecule has 0 spiro atoms. The van der Waals surface area contributed by atoms with Crippen molar-refractivity contribution in [2.45, 2.75) is 18.9 Å². The van der Waals surface area contributed by atoms with Crippen LogP contribution in [0.2, 0.25) is 0 Å². The third kappa shape index (κ3) is 3.86. The highest BCUT2D eigenvalue weighted by atomic mass is 79.9. The van der Waals surface area contributed by atoms with Crippen LogP contribution < -0.4 is 4.90 Å². The van der Waals surface area contributed by atoms with Crippen molar-refractivity contribution in [3.05, 3.63) is 28.7 Å². The number of carbonyl (C=O) groups is 1. The molecule has 1 aromatic carbocycles. The molecule has 19 heavy (non-hydrogen) atoms.